The Morgan fingerprint density at radius 3 is 2.58 bits per heavy atom. The zero-order valence-electron chi connectivity index (χ0n) is 23.4. The summed E-state index contributed by atoms with van der Waals surface area (Å²) < 4.78 is 28.2. The van der Waals surface area contributed by atoms with Crippen LogP contribution >= 0.6 is 0 Å². The highest BCUT2D eigenvalue weighted by Gasteiger charge is 2.63. The number of hydrogen-bond donors (Lipinski definition) is 3. The molecule has 11 atom stereocenters. The molecule has 1 unspecified atom stereocenters. The number of hydrogen-bond acceptors (Lipinski definition) is 4. The average Bonchev–Trinajstić information content (AvgIpc) is 3.46. The lowest BCUT2D eigenvalue weighted by Gasteiger charge is -2.62. The van der Waals surface area contributed by atoms with E-state index in [0.29, 0.717) is 66.1 Å². The summed E-state index contributed by atoms with van der Waals surface area (Å²) >= 11 is 0. The molecule has 1 heterocycles. The van der Waals surface area contributed by atoms with Crippen molar-refractivity contribution in [2.24, 2.45) is 46.3 Å². The molecule has 1 aromatic carbocycles. The van der Waals surface area contributed by atoms with E-state index in [1.165, 1.54) is 25.3 Å². The number of halogens is 2. The normalized spacial score (nSPS) is 43.7. The Bertz CT molecular complexity index is 1050. The van der Waals surface area contributed by atoms with Gasteiger partial charge in [-0.15, -0.1) is 0 Å². The average molecular weight is 532 g/mol. The van der Waals surface area contributed by atoms with E-state index < -0.39 is 17.9 Å². The molecule has 0 spiro atoms. The fourth-order valence-corrected chi connectivity index (χ4v) is 10.7. The molecule has 6 heteroatoms. The highest BCUT2D eigenvalue weighted by atomic mass is 19.1. The highest BCUT2D eigenvalue weighted by Crippen LogP contribution is 2.68. The van der Waals surface area contributed by atoms with Gasteiger partial charge in [0.2, 0.25) is 0 Å². The van der Waals surface area contributed by atoms with Gasteiger partial charge in [0, 0.05) is 12.6 Å². The molecule has 212 valence electrons. The molecule has 0 radical (unpaired) electrons. The maximum absolute atomic E-state index is 14.5. The van der Waals surface area contributed by atoms with Gasteiger partial charge in [0.25, 0.3) is 0 Å². The maximum atomic E-state index is 14.5. The van der Waals surface area contributed by atoms with Gasteiger partial charge in [0.15, 0.2) is 0 Å². The molecule has 0 bridgehead atoms. The maximum Gasteiger partial charge on any atom is 0.149 e. The number of aliphatic hydroxyl groups excluding tert-OH is 3. The van der Waals surface area contributed by atoms with Crippen molar-refractivity contribution in [3.05, 3.63) is 29.3 Å². The molecule has 4 fully saturated rings. The topological polar surface area (TPSA) is 63.9 Å². The molecule has 4 aliphatic carbocycles. The van der Waals surface area contributed by atoms with Gasteiger partial charge in [0.1, 0.15) is 17.9 Å². The van der Waals surface area contributed by atoms with Crippen molar-refractivity contribution < 1.29 is 24.1 Å². The third-order valence-electron chi connectivity index (χ3n) is 12.8. The molecular weight excluding hydrogens is 484 g/mol. The summed E-state index contributed by atoms with van der Waals surface area (Å²) in [5.41, 5.74) is 1.12. The van der Waals surface area contributed by atoms with Gasteiger partial charge in [0.05, 0.1) is 17.9 Å². The SMILES string of the molecule is C[C@H](CCC(O)N1CCc2cc(F)cc(F)c21)[C@H]1CC[C@H]2[C@@H]3CC[C@@H]4C[C@H](O)CC[C@]4(C)[C@H]3C[C@H](O)[C@]12C. The van der Waals surface area contributed by atoms with Crippen LogP contribution in [0.15, 0.2) is 12.1 Å². The second-order valence-electron chi connectivity index (χ2n) is 14.3. The van der Waals surface area contributed by atoms with Crippen LogP contribution in [0.2, 0.25) is 0 Å². The summed E-state index contributed by atoms with van der Waals surface area (Å²) in [6, 6.07) is 2.29. The first-order chi connectivity index (χ1) is 18.0. The Morgan fingerprint density at radius 2 is 1.79 bits per heavy atom. The summed E-state index contributed by atoms with van der Waals surface area (Å²) in [5, 5.41) is 33.2. The first-order valence-electron chi connectivity index (χ1n) is 15.3. The van der Waals surface area contributed by atoms with Crippen molar-refractivity contribution >= 4 is 5.69 Å². The van der Waals surface area contributed by atoms with E-state index in [-0.39, 0.29) is 23.0 Å². The Balaban J connectivity index is 1.14. The minimum atomic E-state index is -0.791. The lowest BCUT2D eigenvalue weighted by molar-refractivity contribution is -0.175. The molecule has 1 aromatic rings. The molecule has 3 N–H and O–H groups in total. The van der Waals surface area contributed by atoms with Crippen LogP contribution in [0.5, 0.6) is 0 Å². The molecule has 0 saturated heterocycles. The zero-order chi connectivity index (χ0) is 27.0. The van der Waals surface area contributed by atoms with Gasteiger partial charge < -0.3 is 20.2 Å². The van der Waals surface area contributed by atoms with Crippen molar-refractivity contribution in [3.63, 3.8) is 0 Å². The third-order valence-corrected chi connectivity index (χ3v) is 12.8. The number of anilines is 1. The number of benzene rings is 1. The zero-order valence-corrected chi connectivity index (χ0v) is 23.4. The third kappa shape index (κ3) is 4.06. The smallest absolute Gasteiger partial charge is 0.149 e. The lowest BCUT2D eigenvalue weighted by Crippen LogP contribution is -2.58. The van der Waals surface area contributed by atoms with E-state index in [9.17, 15) is 24.1 Å². The first kappa shape index (κ1) is 27.0. The van der Waals surface area contributed by atoms with Crippen LogP contribution in [0, 0.1) is 58.0 Å². The van der Waals surface area contributed by atoms with Crippen LogP contribution in [0.25, 0.3) is 0 Å². The monoisotopic (exact) mass is 531 g/mol. The largest absolute Gasteiger partial charge is 0.393 e. The number of fused-ring (bicyclic) bond motifs is 6. The molecular formula is C32H47F2NO3. The summed E-state index contributed by atoms with van der Waals surface area (Å²) in [6.07, 6.45) is 9.18. The minimum Gasteiger partial charge on any atom is -0.393 e. The first-order valence-corrected chi connectivity index (χ1v) is 15.3. The van der Waals surface area contributed by atoms with Gasteiger partial charge >= 0.3 is 0 Å². The van der Waals surface area contributed by atoms with E-state index >= 15 is 0 Å². The van der Waals surface area contributed by atoms with Crippen molar-refractivity contribution in [2.75, 3.05) is 11.4 Å². The molecule has 4 saturated carbocycles. The molecule has 6 rings (SSSR count). The van der Waals surface area contributed by atoms with Crippen molar-refractivity contribution in [1.82, 2.24) is 0 Å². The molecule has 0 amide bonds. The second kappa shape index (κ2) is 9.69. The highest BCUT2D eigenvalue weighted by molar-refractivity contribution is 5.59. The van der Waals surface area contributed by atoms with Crippen LogP contribution in [0.3, 0.4) is 0 Å². The van der Waals surface area contributed by atoms with Gasteiger partial charge in [-0.05, 0) is 129 Å². The molecule has 38 heavy (non-hydrogen) atoms. The van der Waals surface area contributed by atoms with Crippen LogP contribution < -0.4 is 4.90 Å². The van der Waals surface area contributed by atoms with E-state index in [4.69, 9.17) is 0 Å². The lowest BCUT2D eigenvalue weighted by atomic mass is 9.43. The molecule has 1 aliphatic heterocycles. The number of rotatable bonds is 5. The quantitative estimate of drug-likeness (QED) is 0.433. The predicted octanol–water partition coefficient (Wildman–Crippen LogP) is 6.05. The van der Waals surface area contributed by atoms with Gasteiger partial charge in [-0.2, -0.15) is 0 Å². The Kier molecular flexibility index (Phi) is 6.88. The predicted molar refractivity (Wildman–Crippen MR) is 144 cm³/mol. The van der Waals surface area contributed by atoms with Crippen LogP contribution in [-0.2, 0) is 6.42 Å². The van der Waals surface area contributed by atoms with Crippen LogP contribution in [0.4, 0.5) is 14.5 Å². The number of nitrogens with zero attached hydrogens (tertiary/aromatic N) is 1. The molecule has 5 aliphatic rings. The van der Waals surface area contributed by atoms with E-state index in [0.717, 1.165) is 44.6 Å². The van der Waals surface area contributed by atoms with E-state index in [2.05, 4.69) is 20.8 Å². The molecule has 0 aromatic heterocycles. The van der Waals surface area contributed by atoms with Crippen LogP contribution in [0.1, 0.15) is 90.5 Å². The van der Waals surface area contributed by atoms with Gasteiger partial charge in [-0.1, -0.05) is 20.8 Å². The summed E-state index contributed by atoms with van der Waals surface area (Å²) in [6.45, 7) is 7.59. The fourth-order valence-electron chi connectivity index (χ4n) is 10.7. The minimum absolute atomic E-state index is 0.104. The second-order valence-corrected chi connectivity index (χ2v) is 14.3. The van der Waals surface area contributed by atoms with Gasteiger partial charge in [-0.25, -0.2) is 8.78 Å². The van der Waals surface area contributed by atoms with E-state index in [1.807, 2.05) is 0 Å². The number of aliphatic hydroxyl groups is 3. The van der Waals surface area contributed by atoms with Crippen molar-refractivity contribution in [2.45, 2.75) is 110 Å². The summed E-state index contributed by atoms with van der Waals surface area (Å²) in [5.74, 6) is 1.93. The Hall–Kier alpha value is -1.24. The molecule has 4 nitrogen and oxygen atoms in total. The Labute approximate surface area is 226 Å². The van der Waals surface area contributed by atoms with Gasteiger partial charge in [-0.3, -0.25) is 0 Å². The van der Waals surface area contributed by atoms with Crippen molar-refractivity contribution in [3.8, 4) is 0 Å². The van der Waals surface area contributed by atoms with Crippen molar-refractivity contribution in [1.29, 1.82) is 0 Å². The summed E-state index contributed by atoms with van der Waals surface area (Å²) in [4.78, 5) is 1.70. The standard InChI is InChI=1S/C32H47F2NO3/c1-18(4-9-29(38)35-13-11-19-14-21(33)16-27(34)30(19)35)24-7-8-25-23-6-5-20-15-22(36)10-12-31(20,2)26(23)17-28(37)32(24,25)3/h14,16,18,20,22-26,28-29,36-38H,4-13,15,17H2,1-3H3/t18-,20-,22-,23+,24-,25+,26+,28+,29?,31+,32-/m1/s1. The fraction of sp³-hybridized carbons (Fsp3) is 0.812. The summed E-state index contributed by atoms with van der Waals surface area (Å²) in [7, 11) is 0. The van der Waals surface area contributed by atoms with Crippen LogP contribution in [-0.4, -0.2) is 40.3 Å². The Morgan fingerprint density at radius 1 is 1.00 bits per heavy atom. The van der Waals surface area contributed by atoms with E-state index in [1.54, 1.807) is 4.90 Å².